The van der Waals surface area contributed by atoms with Crippen LogP contribution < -0.4 is 0 Å². The molecule has 0 amide bonds. The van der Waals surface area contributed by atoms with Crippen LogP contribution in [0.5, 0.6) is 0 Å². The second-order valence-electron chi connectivity index (χ2n) is 25.7. The monoisotopic (exact) mass is 997 g/mol. The summed E-state index contributed by atoms with van der Waals surface area (Å²) in [5, 5.41) is 30.9. The highest BCUT2D eigenvalue weighted by Crippen LogP contribution is 2.64. The van der Waals surface area contributed by atoms with Crippen molar-refractivity contribution in [3.8, 4) is 0 Å². The summed E-state index contributed by atoms with van der Waals surface area (Å²) in [6, 6.07) is 0. The van der Waals surface area contributed by atoms with E-state index >= 15 is 0 Å². The number of aliphatic hydroxyl groups is 3. The van der Waals surface area contributed by atoms with Gasteiger partial charge in [0.25, 0.3) is 0 Å². The molecular weight excluding hydrogens is 901 g/mol. The lowest BCUT2D eigenvalue weighted by molar-refractivity contribution is -0.134. The number of aliphatic hydroxyl groups excluding tert-OH is 3. The molecule has 0 aromatic heterocycles. The first kappa shape index (κ1) is 56.9. The number of hydrogen-bond donors (Lipinski definition) is 3. The molecule has 402 valence electrons. The maximum Gasteiger partial charge on any atom is 0.146 e. The van der Waals surface area contributed by atoms with Crippen molar-refractivity contribution in [2.45, 2.75) is 177 Å². The summed E-state index contributed by atoms with van der Waals surface area (Å²) in [6.45, 7) is 31.5. The molecule has 0 radical (unpaired) electrons. The van der Waals surface area contributed by atoms with Gasteiger partial charge in [0.1, 0.15) is 17.3 Å². The van der Waals surface area contributed by atoms with Crippen LogP contribution in [-0.2, 0) is 28.6 Å². The maximum absolute atomic E-state index is 13.4. The van der Waals surface area contributed by atoms with Gasteiger partial charge < -0.3 is 29.5 Å². The average Bonchev–Trinajstić information content (AvgIpc) is 4.03. The SMILES string of the molecule is C=C[C@]1(C)C[C@H]2C(CO)=C3[C@H](OC)CC[C@@]3(CC[C@H]2C)[C@@H](C)C1=O.C=C[C@]1(C)C[C@H]2C(CO)=C3[C@H](OC)CC[C@@]3(CC[C@H]2C)[C@@H](C)C1=O.C=C[C@]1(C)C[C@H]2C(CO)=C3[C@H](OC)CC[C@@]3(CC[C@H]2C)[C@@H](C)C1=O. The number of carbonyl (C=O) groups is 3. The van der Waals surface area contributed by atoms with Crippen LogP contribution in [0.1, 0.15) is 159 Å². The quantitative estimate of drug-likeness (QED) is 0.193. The molecule has 6 bridgehead atoms. The van der Waals surface area contributed by atoms with E-state index in [2.05, 4.69) is 61.3 Å². The maximum atomic E-state index is 13.4. The van der Waals surface area contributed by atoms with Crippen molar-refractivity contribution in [3.63, 3.8) is 0 Å². The standard InChI is InChI=1S/3C21H32O3/c3*1-6-20(4)11-15-13(2)7-9-21(14(3)19(20)23)10-8-17(24-5)18(21)16(15)12-22/h3*6,13-15,17,22H,1,7-12H2,2-5H3/t3*13-,14+,15-,17-,20-,21+/m111/s1. The minimum Gasteiger partial charge on any atom is -0.392 e. The molecule has 18 atom stereocenters. The second kappa shape index (κ2) is 21.3. The van der Waals surface area contributed by atoms with Gasteiger partial charge in [-0.2, -0.15) is 0 Å². The topological polar surface area (TPSA) is 140 Å². The number of fused-ring (bicyclic) bond motifs is 3. The number of ether oxygens (including phenoxy) is 3. The first-order chi connectivity index (χ1) is 34.0. The molecule has 0 aliphatic heterocycles. The fourth-order valence-corrected chi connectivity index (χ4v) is 17.8. The van der Waals surface area contributed by atoms with Crippen LogP contribution in [0.4, 0.5) is 0 Å². The largest absolute Gasteiger partial charge is 0.392 e. The van der Waals surface area contributed by atoms with E-state index < -0.39 is 16.2 Å². The number of allylic oxidation sites excluding steroid dienone is 3. The minimum atomic E-state index is -0.507. The van der Waals surface area contributed by atoms with Gasteiger partial charge in [-0.1, -0.05) is 59.8 Å². The Labute approximate surface area is 434 Å². The highest BCUT2D eigenvalue weighted by atomic mass is 16.5. The van der Waals surface area contributed by atoms with E-state index in [1.807, 2.05) is 39.0 Å². The van der Waals surface area contributed by atoms with E-state index in [0.717, 1.165) is 113 Å². The van der Waals surface area contributed by atoms with Gasteiger partial charge in [0.05, 0.1) is 38.1 Å². The highest BCUT2D eigenvalue weighted by Gasteiger charge is 2.61. The van der Waals surface area contributed by atoms with Crippen molar-refractivity contribution in [1.29, 1.82) is 0 Å². The first-order valence-corrected chi connectivity index (χ1v) is 28.2. The van der Waals surface area contributed by atoms with Crippen molar-refractivity contribution in [3.05, 3.63) is 71.4 Å². The number of rotatable bonds is 9. The predicted octanol–water partition coefficient (Wildman–Crippen LogP) is 11.8. The molecule has 9 aliphatic rings. The molecule has 3 fully saturated rings. The Bertz CT molecular complexity index is 1980. The molecule has 0 unspecified atom stereocenters. The van der Waals surface area contributed by atoms with Gasteiger partial charge in [-0.05, 0) is 186 Å². The van der Waals surface area contributed by atoms with Crippen LogP contribution in [0.3, 0.4) is 0 Å². The summed E-state index contributed by atoms with van der Waals surface area (Å²) in [6.07, 6.45) is 20.3. The predicted molar refractivity (Wildman–Crippen MR) is 287 cm³/mol. The third-order valence-corrected chi connectivity index (χ3v) is 22.7. The fraction of sp³-hybridized carbons (Fsp3) is 0.762. The van der Waals surface area contributed by atoms with Gasteiger partial charge >= 0.3 is 0 Å². The third-order valence-electron chi connectivity index (χ3n) is 22.7. The third kappa shape index (κ3) is 8.78. The summed E-state index contributed by atoms with van der Waals surface area (Å²) >= 11 is 0. The average molecular weight is 997 g/mol. The van der Waals surface area contributed by atoms with Crippen LogP contribution in [0.15, 0.2) is 71.4 Å². The molecule has 0 heterocycles. The molecule has 72 heavy (non-hydrogen) atoms. The van der Waals surface area contributed by atoms with Gasteiger partial charge in [0, 0.05) is 71.6 Å². The number of carbonyl (C=O) groups excluding carboxylic acids is 3. The summed E-state index contributed by atoms with van der Waals surface area (Å²) < 4.78 is 17.4. The van der Waals surface area contributed by atoms with E-state index in [1.54, 1.807) is 21.3 Å². The zero-order valence-electron chi connectivity index (χ0n) is 46.8. The Hall–Kier alpha value is -2.79. The number of hydrogen-bond acceptors (Lipinski definition) is 9. The lowest BCUT2D eigenvalue weighted by Crippen LogP contribution is -2.44. The summed E-state index contributed by atoms with van der Waals surface area (Å²) in [7, 11) is 5.29. The summed E-state index contributed by atoms with van der Waals surface area (Å²) in [5.74, 6) is 2.93. The Morgan fingerprint density at radius 3 is 0.861 bits per heavy atom. The van der Waals surface area contributed by atoms with Crippen molar-refractivity contribution < 1.29 is 43.9 Å². The summed E-state index contributed by atoms with van der Waals surface area (Å²) in [5.41, 5.74) is 5.38. The Balaban J connectivity index is 0.000000158. The van der Waals surface area contributed by atoms with Crippen molar-refractivity contribution in [2.75, 3.05) is 41.2 Å². The molecule has 3 N–H and O–H groups in total. The summed E-state index contributed by atoms with van der Waals surface area (Å²) in [4.78, 5) is 40.3. The van der Waals surface area contributed by atoms with E-state index in [4.69, 9.17) is 14.2 Å². The lowest BCUT2D eigenvalue weighted by Gasteiger charge is -2.44. The van der Waals surface area contributed by atoms with Crippen LogP contribution in [-0.4, -0.2) is 92.1 Å². The fourth-order valence-electron chi connectivity index (χ4n) is 17.8. The van der Waals surface area contributed by atoms with Crippen molar-refractivity contribution >= 4 is 17.3 Å². The van der Waals surface area contributed by atoms with Gasteiger partial charge in [-0.25, -0.2) is 0 Å². The molecule has 9 nitrogen and oxygen atoms in total. The Kier molecular flexibility index (Phi) is 16.9. The van der Waals surface area contributed by atoms with Crippen LogP contribution in [0.2, 0.25) is 0 Å². The van der Waals surface area contributed by atoms with Crippen molar-refractivity contribution in [1.82, 2.24) is 0 Å². The molecule has 3 saturated carbocycles. The van der Waals surface area contributed by atoms with Gasteiger partial charge in [0.15, 0.2) is 0 Å². The number of methoxy groups -OCH3 is 3. The molecule has 0 spiro atoms. The normalized spacial score (nSPS) is 45.6. The smallest absolute Gasteiger partial charge is 0.146 e. The van der Waals surface area contributed by atoms with E-state index in [-0.39, 0.29) is 89.9 Å². The molecular formula is C63H96O9. The van der Waals surface area contributed by atoms with Crippen LogP contribution >= 0.6 is 0 Å². The Morgan fingerprint density at radius 2 is 0.667 bits per heavy atom. The zero-order chi connectivity index (χ0) is 53.1. The molecule has 9 rings (SSSR count). The molecule has 0 saturated heterocycles. The minimum absolute atomic E-state index is 0.0524. The Morgan fingerprint density at radius 1 is 0.444 bits per heavy atom. The number of ketones is 3. The van der Waals surface area contributed by atoms with E-state index in [9.17, 15) is 29.7 Å². The van der Waals surface area contributed by atoms with E-state index in [0.29, 0.717) is 35.1 Å². The van der Waals surface area contributed by atoms with Gasteiger partial charge in [0.2, 0.25) is 0 Å². The molecule has 0 aromatic carbocycles. The zero-order valence-corrected chi connectivity index (χ0v) is 46.8. The highest BCUT2D eigenvalue weighted by molar-refractivity contribution is 5.91. The second-order valence-corrected chi connectivity index (χ2v) is 25.7. The molecule has 9 heteroatoms. The lowest BCUT2D eigenvalue weighted by atomic mass is 9.59. The van der Waals surface area contributed by atoms with E-state index in [1.165, 1.54) is 16.7 Å². The first-order valence-electron chi connectivity index (χ1n) is 28.2. The van der Waals surface area contributed by atoms with Gasteiger partial charge in [-0.15, -0.1) is 19.7 Å². The molecule has 0 aromatic rings. The van der Waals surface area contributed by atoms with Crippen molar-refractivity contribution in [2.24, 2.45) is 85.8 Å². The van der Waals surface area contributed by atoms with Gasteiger partial charge in [-0.3, -0.25) is 14.4 Å². The van der Waals surface area contributed by atoms with Crippen LogP contribution in [0, 0.1) is 85.8 Å². The number of Topliss-reactive ketones (excluding diaryl/α,β-unsaturated/α-hetero) is 3. The molecule has 9 aliphatic carbocycles. The van der Waals surface area contributed by atoms with Crippen LogP contribution in [0.25, 0.3) is 0 Å².